The minimum Gasteiger partial charge on any atom is -0.451 e. The van der Waals surface area contributed by atoms with Gasteiger partial charge in [0.1, 0.15) is 17.1 Å². The van der Waals surface area contributed by atoms with Gasteiger partial charge >= 0.3 is 0 Å². The summed E-state index contributed by atoms with van der Waals surface area (Å²) in [6.45, 7) is 0. The third-order valence-electron chi connectivity index (χ3n) is 4.44. The summed E-state index contributed by atoms with van der Waals surface area (Å²) >= 11 is 12.6. The Labute approximate surface area is 195 Å². The quantitative estimate of drug-likeness (QED) is 0.353. The van der Waals surface area contributed by atoms with Crippen molar-refractivity contribution in [2.24, 2.45) is 0 Å². The molecule has 2 N–H and O–H groups in total. The number of carbonyl (C=O) groups is 1. The van der Waals surface area contributed by atoms with Crippen LogP contribution >= 0.6 is 35.2 Å². The smallest absolute Gasteiger partial charge is 0.293 e. The van der Waals surface area contributed by atoms with E-state index in [1.54, 1.807) is 35.1 Å². The molecule has 0 aliphatic carbocycles. The minimum absolute atomic E-state index is 0.146. The Morgan fingerprint density at radius 1 is 1.09 bits per heavy atom. The molecule has 0 spiro atoms. The molecule has 3 heterocycles. The molecule has 5 rings (SSSR count). The number of hydrogen-bond donors (Lipinski definition) is 2. The number of hydrogen-bond acceptors (Lipinski definition) is 7. The molecule has 0 fully saturated rings. The lowest BCUT2D eigenvalue weighted by molar-refractivity contribution is 0.0951. The van der Waals surface area contributed by atoms with Crippen molar-refractivity contribution in [1.82, 2.24) is 25.1 Å². The van der Waals surface area contributed by atoms with Crippen LogP contribution in [-0.4, -0.2) is 30.8 Å². The molecule has 0 aliphatic heterocycles. The monoisotopic (exact) mass is 480 g/mol. The number of nitrogens with zero attached hydrogens (tertiary/aromatic N) is 4. The second-order valence-electron chi connectivity index (χ2n) is 6.63. The van der Waals surface area contributed by atoms with Gasteiger partial charge in [-0.2, -0.15) is 9.61 Å². The number of fused-ring (bicyclic) bond motifs is 1. The summed E-state index contributed by atoms with van der Waals surface area (Å²) in [5.74, 6) is 0.253. The Bertz CT molecular complexity index is 1410. The first-order chi connectivity index (χ1) is 15.5. The average molecular weight is 481 g/mol. The molecule has 0 saturated carbocycles. The predicted octanol–water partition coefficient (Wildman–Crippen LogP) is 4.89. The van der Waals surface area contributed by atoms with E-state index in [9.17, 15) is 4.79 Å². The maximum atomic E-state index is 12.5. The molecule has 1 amide bonds. The normalized spacial score (nSPS) is 10.9. The van der Waals surface area contributed by atoms with Crippen molar-refractivity contribution in [1.29, 1.82) is 0 Å². The lowest BCUT2D eigenvalue weighted by Crippen LogP contribution is -2.33. The van der Waals surface area contributed by atoms with Crippen LogP contribution in [0.25, 0.3) is 26.9 Å². The van der Waals surface area contributed by atoms with Gasteiger partial charge in [-0.25, -0.2) is 0 Å². The molecule has 0 radical (unpaired) electrons. The van der Waals surface area contributed by atoms with Gasteiger partial charge in [0.2, 0.25) is 4.96 Å². The highest BCUT2D eigenvalue weighted by Crippen LogP contribution is 2.27. The first-order valence-corrected chi connectivity index (χ1v) is 10.9. The summed E-state index contributed by atoms with van der Waals surface area (Å²) in [6.07, 6.45) is 1.55. The van der Waals surface area contributed by atoms with E-state index in [-0.39, 0.29) is 10.9 Å². The van der Waals surface area contributed by atoms with Crippen molar-refractivity contribution in [3.05, 3.63) is 77.8 Å². The topological polar surface area (TPSA) is 97.4 Å². The standard InChI is InChI=1S/C21H13ClN6O2S2/c22-14-6-4-12(5-7-14)16-8-9-17(30-16)18(29)25-20(31)24-15-3-1-2-13(10-15)19-27-28-11-23-26-21(28)32-19/h1-11H,(H2,24,25,29,31). The molecule has 32 heavy (non-hydrogen) atoms. The number of carbonyl (C=O) groups excluding carboxylic acids is 1. The highest BCUT2D eigenvalue weighted by molar-refractivity contribution is 7.80. The first-order valence-electron chi connectivity index (χ1n) is 9.30. The summed E-state index contributed by atoms with van der Waals surface area (Å²) in [7, 11) is 0. The largest absolute Gasteiger partial charge is 0.451 e. The number of furan rings is 1. The second-order valence-corrected chi connectivity index (χ2v) is 8.43. The Kier molecular flexibility index (Phi) is 5.39. The van der Waals surface area contributed by atoms with Crippen LogP contribution < -0.4 is 10.6 Å². The van der Waals surface area contributed by atoms with Gasteiger partial charge in [0, 0.05) is 21.8 Å². The van der Waals surface area contributed by atoms with E-state index in [1.165, 1.54) is 11.3 Å². The molecular formula is C21H13ClN6O2S2. The lowest BCUT2D eigenvalue weighted by atomic mass is 10.2. The number of benzene rings is 2. The van der Waals surface area contributed by atoms with Gasteiger partial charge < -0.3 is 9.73 Å². The number of rotatable bonds is 4. The zero-order chi connectivity index (χ0) is 22.1. The fraction of sp³-hybridized carbons (Fsp3) is 0. The zero-order valence-corrected chi connectivity index (χ0v) is 18.5. The van der Waals surface area contributed by atoms with Crippen LogP contribution in [0.3, 0.4) is 0 Å². The molecule has 0 atom stereocenters. The van der Waals surface area contributed by atoms with E-state index in [4.69, 9.17) is 28.2 Å². The van der Waals surface area contributed by atoms with Crippen LogP contribution in [0.4, 0.5) is 5.69 Å². The molecule has 0 bridgehead atoms. The Balaban J connectivity index is 1.25. The van der Waals surface area contributed by atoms with E-state index in [0.717, 1.165) is 16.1 Å². The maximum Gasteiger partial charge on any atom is 0.293 e. The van der Waals surface area contributed by atoms with Crippen LogP contribution in [0.15, 0.2) is 71.4 Å². The van der Waals surface area contributed by atoms with E-state index < -0.39 is 5.91 Å². The number of thiocarbonyl (C=S) groups is 1. The summed E-state index contributed by atoms with van der Waals surface area (Å²) in [5.41, 5.74) is 2.41. The Hall–Kier alpha value is -3.60. The fourth-order valence-corrected chi connectivity index (χ4v) is 4.12. The van der Waals surface area contributed by atoms with Crippen molar-refractivity contribution in [3.8, 4) is 21.9 Å². The minimum atomic E-state index is -0.451. The van der Waals surface area contributed by atoms with E-state index in [0.29, 0.717) is 21.4 Å². The Morgan fingerprint density at radius 3 is 2.75 bits per heavy atom. The number of aromatic nitrogens is 4. The molecule has 8 nitrogen and oxygen atoms in total. The maximum absolute atomic E-state index is 12.5. The molecule has 158 valence electrons. The van der Waals surface area contributed by atoms with Crippen LogP contribution in [0, 0.1) is 0 Å². The third kappa shape index (κ3) is 4.24. The zero-order valence-electron chi connectivity index (χ0n) is 16.2. The molecule has 2 aromatic carbocycles. The average Bonchev–Trinajstić information content (AvgIpc) is 3.51. The van der Waals surface area contributed by atoms with Crippen molar-refractivity contribution in [3.63, 3.8) is 0 Å². The van der Waals surface area contributed by atoms with Gasteiger partial charge in [0.05, 0.1) is 0 Å². The van der Waals surface area contributed by atoms with Gasteiger partial charge in [0.15, 0.2) is 10.9 Å². The van der Waals surface area contributed by atoms with Gasteiger partial charge in [-0.05, 0) is 60.7 Å². The number of nitrogens with one attached hydrogen (secondary N) is 2. The van der Waals surface area contributed by atoms with Gasteiger partial charge in [-0.3, -0.25) is 10.1 Å². The summed E-state index contributed by atoms with van der Waals surface area (Å²) in [4.78, 5) is 13.2. The highest BCUT2D eigenvalue weighted by Gasteiger charge is 2.14. The second kappa shape index (κ2) is 8.50. The molecule has 0 unspecified atom stereocenters. The SMILES string of the molecule is O=C(NC(=S)Nc1cccc(-c2nn3cnnc3s2)c1)c1ccc(-c2ccc(Cl)cc2)o1. The number of anilines is 1. The molecule has 11 heteroatoms. The fourth-order valence-electron chi connectivity index (χ4n) is 2.96. The van der Waals surface area contributed by atoms with Gasteiger partial charge in [0.25, 0.3) is 5.91 Å². The number of amides is 1. The number of halogens is 1. The van der Waals surface area contributed by atoms with Crippen LogP contribution in [0.1, 0.15) is 10.6 Å². The summed E-state index contributed by atoms with van der Waals surface area (Å²) in [6, 6.07) is 18.0. The Morgan fingerprint density at radius 2 is 1.94 bits per heavy atom. The van der Waals surface area contributed by atoms with Crippen LogP contribution in [0.2, 0.25) is 5.02 Å². The third-order valence-corrected chi connectivity index (χ3v) is 5.86. The molecule has 3 aromatic heterocycles. The molecule has 5 aromatic rings. The molecule has 0 saturated heterocycles. The van der Waals surface area contributed by atoms with Crippen LogP contribution in [-0.2, 0) is 0 Å². The molecule has 0 aliphatic rings. The van der Waals surface area contributed by atoms with Crippen molar-refractivity contribution in [2.75, 3.05) is 5.32 Å². The van der Waals surface area contributed by atoms with Gasteiger partial charge in [-0.1, -0.05) is 35.1 Å². The van der Waals surface area contributed by atoms with E-state index in [1.807, 2.05) is 36.4 Å². The first kappa shape index (κ1) is 20.3. The molecular weight excluding hydrogens is 468 g/mol. The van der Waals surface area contributed by atoms with Gasteiger partial charge in [-0.15, -0.1) is 10.2 Å². The van der Waals surface area contributed by atoms with Crippen molar-refractivity contribution >= 4 is 56.8 Å². The lowest BCUT2D eigenvalue weighted by Gasteiger charge is -2.09. The summed E-state index contributed by atoms with van der Waals surface area (Å²) in [5, 5.41) is 19.4. The highest BCUT2D eigenvalue weighted by atomic mass is 35.5. The van der Waals surface area contributed by atoms with E-state index in [2.05, 4.69) is 25.9 Å². The van der Waals surface area contributed by atoms with Crippen LogP contribution in [0.5, 0.6) is 0 Å². The van der Waals surface area contributed by atoms with E-state index >= 15 is 0 Å². The van der Waals surface area contributed by atoms with Crippen molar-refractivity contribution in [2.45, 2.75) is 0 Å². The summed E-state index contributed by atoms with van der Waals surface area (Å²) < 4.78 is 7.28. The predicted molar refractivity (Wildman–Crippen MR) is 127 cm³/mol. The van der Waals surface area contributed by atoms with Crippen molar-refractivity contribution < 1.29 is 9.21 Å².